The van der Waals surface area contributed by atoms with Gasteiger partial charge in [-0.3, -0.25) is 4.90 Å². The molecule has 1 heterocycles. The molecule has 3 N–H and O–H groups in total. The average molecular weight is 281 g/mol. The summed E-state index contributed by atoms with van der Waals surface area (Å²) in [5.74, 6) is 0. The fourth-order valence-electron chi connectivity index (χ4n) is 2.72. The third-order valence-electron chi connectivity index (χ3n) is 3.79. The zero-order valence-electron chi connectivity index (χ0n) is 11.8. The van der Waals surface area contributed by atoms with Gasteiger partial charge >= 0.3 is 6.03 Å². The number of nitrogens with two attached hydrogens (primary N) is 1. The van der Waals surface area contributed by atoms with Gasteiger partial charge in [0.2, 0.25) is 0 Å². The van der Waals surface area contributed by atoms with Gasteiger partial charge in [-0.25, -0.2) is 4.79 Å². The Hall–Kier alpha value is -2.33. The summed E-state index contributed by atoms with van der Waals surface area (Å²) in [4.78, 5) is 14.4. The van der Waals surface area contributed by atoms with Gasteiger partial charge < -0.3 is 11.1 Å². The molecule has 0 bridgehead atoms. The van der Waals surface area contributed by atoms with E-state index in [1.807, 2.05) is 54.6 Å². The summed E-state index contributed by atoms with van der Waals surface area (Å²) in [6.45, 7) is 0.684. The van der Waals surface area contributed by atoms with Crippen LogP contribution in [0.25, 0.3) is 0 Å². The Bertz CT molecular complexity index is 627. The monoisotopic (exact) mass is 281 g/mol. The Morgan fingerprint density at radius 1 is 1.10 bits per heavy atom. The van der Waals surface area contributed by atoms with Crippen molar-refractivity contribution in [2.75, 3.05) is 16.8 Å². The number of carbonyl (C=O) groups excluding carboxylic acids is 1. The standard InChI is InChI=1S/C17H19N3O/c18-15-10-6-12-20(16-11-5-4-9-14(15)16)17(21)19-13-7-2-1-3-8-13/h1-5,7-9,11,15H,6,10,12,18H2,(H,19,21). The maximum absolute atomic E-state index is 12.6. The summed E-state index contributed by atoms with van der Waals surface area (Å²) in [5.41, 5.74) is 8.96. The molecule has 1 atom stereocenters. The van der Waals surface area contributed by atoms with E-state index in [2.05, 4.69) is 5.32 Å². The molecule has 108 valence electrons. The number of benzene rings is 2. The van der Waals surface area contributed by atoms with Crippen molar-refractivity contribution >= 4 is 17.4 Å². The van der Waals surface area contributed by atoms with Crippen LogP contribution in [0.5, 0.6) is 0 Å². The fraction of sp³-hybridized carbons (Fsp3) is 0.235. The van der Waals surface area contributed by atoms with Crippen LogP contribution in [0.3, 0.4) is 0 Å². The second-order valence-electron chi connectivity index (χ2n) is 5.26. The van der Waals surface area contributed by atoms with Gasteiger partial charge in [0, 0.05) is 18.3 Å². The second kappa shape index (κ2) is 5.97. The van der Waals surface area contributed by atoms with Crippen molar-refractivity contribution in [2.45, 2.75) is 18.9 Å². The van der Waals surface area contributed by atoms with Gasteiger partial charge in [-0.2, -0.15) is 0 Å². The number of anilines is 2. The zero-order valence-corrected chi connectivity index (χ0v) is 11.8. The van der Waals surface area contributed by atoms with E-state index in [1.54, 1.807) is 4.90 Å². The summed E-state index contributed by atoms with van der Waals surface area (Å²) in [5, 5.41) is 2.94. The highest BCUT2D eigenvalue weighted by molar-refractivity contribution is 6.02. The van der Waals surface area contributed by atoms with Crippen LogP contribution >= 0.6 is 0 Å². The second-order valence-corrected chi connectivity index (χ2v) is 5.26. The summed E-state index contributed by atoms with van der Waals surface area (Å²) in [7, 11) is 0. The molecule has 0 fully saturated rings. The Labute approximate surface area is 124 Å². The highest BCUT2D eigenvalue weighted by Gasteiger charge is 2.24. The molecule has 1 aliphatic heterocycles. The first-order valence-electron chi connectivity index (χ1n) is 7.24. The zero-order chi connectivity index (χ0) is 14.7. The number of urea groups is 1. The van der Waals surface area contributed by atoms with E-state index in [9.17, 15) is 4.79 Å². The lowest BCUT2D eigenvalue weighted by Gasteiger charge is -2.23. The lowest BCUT2D eigenvalue weighted by Crippen LogP contribution is -2.35. The van der Waals surface area contributed by atoms with Gasteiger partial charge in [0.15, 0.2) is 0 Å². The first kappa shape index (κ1) is 13.6. The van der Waals surface area contributed by atoms with Crippen molar-refractivity contribution in [1.29, 1.82) is 0 Å². The molecule has 0 spiro atoms. The number of fused-ring (bicyclic) bond motifs is 1. The van der Waals surface area contributed by atoms with Crippen LogP contribution in [0, 0.1) is 0 Å². The number of carbonyl (C=O) groups is 1. The van der Waals surface area contributed by atoms with Crippen LogP contribution in [0.4, 0.5) is 16.2 Å². The fourth-order valence-corrected chi connectivity index (χ4v) is 2.72. The van der Waals surface area contributed by atoms with Crippen LogP contribution in [0.15, 0.2) is 54.6 Å². The van der Waals surface area contributed by atoms with E-state index in [1.165, 1.54) is 0 Å². The molecule has 2 amide bonds. The molecule has 0 saturated carbocycles. The van der Waals surface area contributed by atoms with Crippen LogP contribution < -0.4 is 16.0 Å². The Balaban J connectivity index is 1.87. The third-order valence-corrected chi connectivity index (χ3v) is 3.79. The highest BCUT2D eigenvalue weighted by Crippen LogP contribution is 2.31. The van der Waals surface area contributed by atoms with E-state index < -0.39 is 0 Å². The number of rotatable bonds is 1. The van der Waals surface area contributed by atoms with Gasteiger partial charge in [-0.15, -0.1) is 0 Å². The van der Waals surface area contributed by atoms with E-state index in [0.717, 1.165) is 29.8 Å². The molecule has 3 rings (SSSR count). The molecule has 1 aliphatic rings. The summed E-state index contributed by atoms with van der Waals surface area (Å²) < 4.78 is 0. The molecule has 0 aliphatic carbocycles. The number of para-hydroxylation sites is 2. The van der Waals surface area contributed by atoms with Crippen LogP contribution in [-0.2, 0) is 0 Å². The van der Waals surface area contributed by atoms with Crippen molar-refractivity contribution in [3.63, 3.8) is 0 Å². The molecule has 0 aromatic heterocycles. The SMILES string of the molecule is NC1CCCN(C(=O)Nc2ccccc2)c2ccccc21. The minimum atomic E-state index is -0.109. The van der Waals surface area contributed by atoms with Crippen LogP contribution in [0.1, 0.15) is 24.4 Å². The minimum absolute atomic E-state index is 0.00396. The molecular formula is C17H19N3O. The minimum Gasteiger partial charge on any atom is -0.324 e. The first-order chi connectivity index (χ1) is 10.3. The van der Waals surface area contributed by atoms with Crippen molar-refractivity contribution in [3.8, 4) is 0 Å². The predicted molar refractivity (Wildman–Crippen MR) is 85.4 cm³/mol. The Kier molecular flexibility index (Phi) is 3.88. The first-order valence-corrected chi connectivity index (χ1v) is 7.24. The lowest BCUT2D eigenvalue weighted by atomic mass is 10.0. The molecule has 21 heavy (non-hydrogen) atoms. The lowest BCUT2D eigenvalue weighted by molar-refractivity contribution is 0.257. The van der Waals surface area contributed by atoms with E-state index in [4.69, 9.17) is 5.73 Å². The topological polar surface area (TPSA) is 58.4 Å². The van der Waals surface area contributed by atoms with Gasteiger partial charge in [0.05, 0.1) is 5.69 Å². The smallest absolute Gasteiger partial charge is 0.324 e. The highest BCUT2D eigenvalue weighted by atomic mass is 16.2. The van der Waals surface area contributed by atoms with Crippen molar-refractivity contribution in [3.05, 3.63) is 60.2 Å². The van der Waals surface area contributed by atoms with E-state index in [-0.39, 0.29) is 12.1 Å². The van der Waals surface area contributed by atoms with Gasteiger partial charge in [0.25, 0.3) is 0 Å². The van der Waals surface area contributed by atoms with Crippen molar-refractivity contribution < 1.29 is 4.79 Å². The van der Waals surface area contributed by atoms with Gasteiger partial charge in [-0.1, -0.05) is 36.4 Å². The molecule has 0 radical (unpaired) electrons. The number of amides is 2. The summed E-state index contributed by atoms with van der Waals surface area (Å²) >= 11 is 0. The normalized spacial score (nSPS) is 17.8. The van der Waals surface area contributed by atoms with E-state index >= 15 is 0 Å². The van der Waals surface area contributed by atoms with Crippen LogP contribution in [-0.4, -0.2) is 12.6 Å². The van der Waals surface area contributed by atoms with Crippen molar-refractivity contribution in [2.24, 2.45) is 5.73 Å². The van der Waals surface area contributed by atoms with Gasteiger partial charge in [0.1, 0.15) is 0 Å². The molecule has 4 nitrogen and oxygen atoms in total. The van der Waals surface area contributed by atoms with E-state index in [0.29, 0.717) is 6.54 Å². The summed E-state index contributed by atoms with van der Waals surface area (Å²) in [6.07, 6.45) is 1.80. The number of nitrogens with zero attached hydrogens (tertiary/aromatic N) is 1. The number of hydrogen-bond donors (Lipinski definition) is 2. The van der Waals surface area contributed by atoms with Crippen LogP contribution in [0.2, 0.25) is 0 Å². The molecule has 0 saturated heterocycles. The van der Waals surface area contributed by atoms with Crippen molar-refractivity contribution in [1.82, 2.24) is 0 Å². The van der Waals surface area contributed by atoms with Gasteiger partial charge in [-0.05, 0) is 36.6 Å². The summed E-state index contributed by atoms with van der Waals surface area (Å²) in [6, 6.07) is 17.3. The maximum atomic E-state index is 12.6. The molecule has 4 heteroatoms. The Morgan fingerprint density at radius 3 is 2.62 bits per heavy atom. The molecule has 1 unspecified atom stereocenters. The average Bonchev–Trinajstić information content (AvgIpc) is 2.68. The maximum Gasteiger partial charge on any atom is 0.326 e. The molecule has 2 aromatic carbocycles. The molecular weight excluding hydrogens is 262 g/mol. The number of nitrogens with one attached hydrogen (secondary N) is 1. The quantitative estimate of drug-likeness (QED) is 0.840. The number of hydrogen-bond acceptors (Lipinski definition) is 2. The predicted octanol–water partition coefficient (Wildman–Crippen LogP) is 3.52. The molecule has 2 aromatic rings. The Morgan fingerprint density at radius 2 is 1.81 bits per heavy atom. The largest absolute Gasteiger partial charge is 0.326 e. The third kappa shape index (κ3) is 2.90.